The van der Waals surface area contributed by atoms with Crippen molar-refractivity contribution in [2.75, 3.05) is 5.32 Å². The standard InChI is InChI=1S/C9H6F2N2O5/c10-4-1-5(11)9(6(2-4)13(17)18)12-7(14)3-8(15)16/h1-2H,3H2,(H,12,14)(H,15,16). The zero-order valence-corrected chi connectivity index (χ0v) is 8.65. The van der Waals surface area contributed by atoms with Crippen molar-refractivity contribution in [3.05, 3.63) is 33.9 Å². The van der Waals surface area contributed by atoms with Crippen molar-refractivity contribution in [2.24, 2.45) is 0 Å². The van der Waals surface area contributed by atoms with Crippen LogP contribution in [0.5, 0.6) is 0 Å². The molecule has 7 nitrogen and oxygen atoms in total. The monoisotopic (exact) mass is 260 g/mol. The summed E-state index contributed by atoms with van der Waals surface area (Å²) in [7, 11) is 0. The summed E-state index contributed by atoms with van der Waals surface area (Å²) in [6.45, 7) is 0. The summed E-state index contributed by atoms with van der Waals surface area (Å²) in [5.41, 5.74) is -1.86. The molecule has 1 rings (SSSR count). The van der Waals surface area contributed by atoms with Crippen LogP contribution in [0.2, 0.25) is 0 Å². The van der Waals surface area contributed by atoms with Crippen LogP contribution in [0, 0.1) is 21.7 Å². The predicted molar refractivity (Wildman–Crippen MR) is 53.9 cm³/mol. The Balaban J connectivity index is 3.11. The van der Waals surface area contributed by atoms with Crippen LogP contribution in [0.1, 0.15) is 6.42 Å². The van der Waals surface area contributed by atoms with Crippen LogP contribution in [-0.2, 0) is 9.59 Å². The first-order valence-electron chi connectivity index (χ1n) is 4.46. The van der Waals surface area contributed by atoms with Gasteiger partial charge in [0.15, 0.2) is 11.5 Å². The molecule has 0 unspecified atom stereocenters. The summed E-state index contributed by atoms with van der Waals surface area (Å²) >= 11 is 0. The van der Waals surface area contributed by atoms with Crippen molar-refractivity contribution in [3.63, 3.8) is 0 Å². The molecule has 0 aliphatic rings. The summed E-state index contributed by atoms with van der Waals surface area (Å²) < 4.78 is 26.0. The second-order valence-electron chi connectivity index (χ2n) is 3.16. The maximum atomic E-state index is 13.3. The molecular weight excluding hydrogens is 254 g/mol. The van der Waals surface area contributed by atoms with Gasteiger partial charge in [0.05, 0.1) is 11.0 Å². The molecule has 0 aromatic heterocycles. The maximum Gasteiger partial charge on any atom is 0.312 e. The number of benzene rings is 1. The fourth-order valence-corrected chi connectivity index (χ4v) is 1.15. The van der Waals surface area contributed by atoms with E-state index in [1.165, 1.54) is 0 Å². The van der Waals surface area contributed by atoms with Crippen LogP contribution in [0.15, 0.2) is 12.1 Å². The third-order valence-electron chi connectivity index (χ3n) is 1.81. The normalized spacial score (nSPS) is 9.89. The number of nitro benzene ring substituents is 1. The van der Waals surface area contributed by atoms with E-state index in [2.05, 4.69) is 0 Å². The molecule has 0 fully saturated rings. The summed E-state index contributed by atoms with van der Waals surface area (Å²) in [4.78, 5) is 30.7. The molecule has 0 heterocycles. The number of carbonyl (C=O) groups is 2. The molecule has 18 heavy (non-hydrogen) atoms. The number of rotatable bonds is 4. The van der Waals surface area contributed by atoms with Crippen molar-refractivity contribution in [3.8, 4) is 0 Å². The lowest BCUT2D eigenvalue weighted by Gasteiger charge is -2.06. The molecule has 1 aromatic carbocycles. The first kappa shape index (κ1) is 13.5. The van der Waals surface area contributed by atoms with Gasteiger partial charge in [0.1, 0.15) is 12.2 Å². The van der Waals surface area contributed by atoms with Gasteiger partial charge in [-0.3, -0.25) is 19.7 Å². The number of anilines is 1. The molecule has 0 spiro atoms. The number of amides is 1. The number of carboxylic acids is 1. The van der Waals surface area contributed by atoms with Gasteiger partial charge in [0, 0.05) is 6.07 Å². The fourth-order valence-electron chi connectivity index (χ4n) is 1.15. The van der Waals surface area contributed by atoms with Crippen LogP contribution in [0.4, 0.5) is 20.2 Å². The highest BCUT2D eigenvalue weighted by Crippen LogP contribution is 2.28. The van der Waals surface area contributed by atoms with Crippen molar-refractivity contribution in [2.45, 2.75) is 6.42 Å². The van der Waals surface area contributed by atoms with E-state index in [1.807, 2.05) is 0 Å². The topological polar surface area (TPSA) is 110 Å². The number of hydrogen-bond donors (Lipinski definition) is 2. The molecule has 0 radical (unpaired) electrons. The van der Waals surface area contributed by atoms with E-state index in [0.29, 0.717) is 12.1 Å². The highest BCUT2D eigenvalue weighted by Gasteiger charge is 2.22. The molecule has 96 valence electrons. The average Bonchev–Trinajstić information content (AvgIpc) is 2.20. The second-order valence-corrected chi connectivity index (χ2v) is 3.16. The Bertz CT molecular complexity index is 532. The van der Waals surface area contributed by atoms with Crippen LogP contribution in [0.3, 0.4) is 0 Å². The van der Waals surface area contributed by atoms with E-state index in [-0.39, 0.29) is 0 Å². The van der Waals surface area contributed by atoms with Gasteiger partial charge < -0.3 is 10.4 Å². The van der Waals surface area contributed by atoms with Crippen molar-refractivity contribution >= 4 is 23.3 Å². The van der Waals surface area contributed by atoms with Crippen molar-refractivity contribution < 1.29 is 28.4 Å². The van der Waals surface area contributed by atoms with Crippen LogP contribution >= 0.6 is 0 Å². The van der Waals surface area contributed by atoms with Crippen LogP contribution < -0.4 is 5.32 Å². The lowest BCUT2D eigenvalue weighted by molar-refractivity contribution is -0.384. The third kappa shape index (κ3) is 3.20. The predicted octanol–water partition coefficient (Wildman–Crippen LogP) is 1.29. The Morgan fingerprint density at radius 2 is 2.00 bits per heavy atom. The molecule has 9 heteroatoms. The lowest BCUT2D eigenvalue weighted by Crippen LogP contribution is -2.17. The van der Waals surface area contributed by atoms with Gasteiger partial charge in [-0.05, 0) is 0 Å². The minimum absolute atomic E-state index is 0.337. The number of carboxylic acid groups (broad SMARTS) is 1. The summed E-state index contributed by atoms with van der Waals surface area (Å²) in [6, 6.07) is 0.753. The summed E-state index contributed by atoms with van der Waals surface area (Å²) in [5.74, 6) is -5.19. The van der Waals surface area contributed by atoms with Gasteiger partial charge in [0.25, 0.3) is 5.69 Å². The van der Waals surface area contributed by atoms with E-state index < -0.39 is 46.2 Å². The minimum Gasteiger partial charge on any atom is -0.481 e. The SMILES string of the molecule is O=C(O)CC(=O)Nc1c(F)cc(F)cc1[N+](=O)[O-]. The third-order valence-corrected chi connectivity index (χ3v) is 1.81. The number of hydrogen-bond acceptors (Lipinski definition) is 4. The van der Waals surface area contributed by atoms with Gasteiger partial charge in [-0.15, -0.1) is 0 Å². The highest BCUT2D eigenvalue weighted by molar-refractivity contribution is 6.02. The van der Waals surface area contributed by atoms with E-state index in [9.17, 15) is 28.5 Å². The molecule has 0 saturated carbocycles. The molecule has 1 aromatic rings. The minimum atomic E-state index is -1.49. The Kier molecular flexibility index (Phi) is 3.87. The van der Waals surface area contributed by atoms with Crippen LogP contribution in [-0.4, -0.2) is 21.9 Å². The van der Waals surface area contributed by atoms with Gasteiger partial charge >= 0.3 is 5.97 Å². The Labute approximate surface area is 98.2 Å². The first-order valence-corrected chi connectivity index (χ1v) is 4.46. The molecule has 0 atom stereocenters. The van der Waals surface area contributed by atoms with Gasteiger partial charge in [-0.25, -0.2) is 8.78 Å². The maximum absolute atomic E-state index is 13.3. The van der Waals surface area contributed by atoms with Gasteiger partial charge in [-0.2, -0.15) is 0 Å². The number of nitrogens with one attached hydrogen (secondary N) is 1. The van der Waals surface area contributed by atoms with Gasteiger partial charge in [0.2, 0.25) is 5.91 Å². The number of carbonyl (C=O) groups excluding carboxylic acids is 1. The number of nitro groups is 1. The zero-order valence-electron chi connectivity index (χ0n) is 8.65. The average molecular weight is 260 g/mol. The largest absolute Gasteiger partial charge is 0.481 e. The Morgan fingerprint density at radius 3 is 2.50 bits per heavy atom. The summed E-state index contributed by atoms with van der Waals surface area (Å²) in [6.07, 6.45) is -0.992. The molecule has 0 bridgehead atoms. The van der Waals surface area contributed by atoms with E-state index in [4.69, 9.17) is 5.11 Å². The second kappa shape index (κ2) is 5.17. The lowest BCUT2D eigenvalue weighted by atomic mass is 10.2. The molecule has 2 N–H and O–H groups in total. The Morgan fingerprint density at radius 1 is 1.39 bits per heavy atom. The molecule has 0 aliphatic carbocycles. The number of aliphatic carboxylic acids is 1. The Hall–Kier alpha value is -2.58. The van der Waals surface area contributed by atoms with E-state index >= 15 is 0 Å². The van der Waals surface area contributed by atoms with E-state index in [0.717, 1.165) is 0 Å². The molecular formula is C9H6F2N2O5. The molecule has 0 aliphatic heterocycles. The first-order chi connectivity index (χ1) is 8.31. The zero-order chi connectivity index (χ0) is 13.9. The molecule has 0 saturated heterocycles. The summed E-state index contributed by atoms with van der Waals surface area (Å²) in [5, 5.41) is 20.6. The molecule has 1 amide bonds. The number of nitrogens with zero attached hydrogens (tertiary/aromatic N) is 1. The van der Waals surface area contributed by atoms with Crippen LogP contribution in [0.25, 0.3) is 0 Å². The van der Waals surface area contributed by atoms with E-state index in [1.54, 1.807) is 5.32 Å². The fraction of sp³-hybridized carbons (Fsp3) is 0.111. The van der Waals surface area contributed by atoms with Crippen molar-refractivity contribution in [1.29, 1.82) is 0 Å². The smallest absolute Gasteiger partial charge is 0.312 e. The quantitative estimate of drug-likeness (QED) is 0.481. The highest BCUT2D eigenvalue weighted by atomic mass is 19.1. The van der Waals surface area contributed by atoms with Crippen molar-refractivity contribution in [1.82, 2.24) is 0 Å². The number of halogens is 2. The van der Waals surface area contributed by atoms with Gasteiger partial charge in [-0.1, -0.05) is 0 Å².